The molecule has 0 fully saturated rings. The van der Waals surface area contributed by atoms with Gasteiger partial charge in [0, 0.05) is 0 Å². The predicted molar refractivity (Wildman–Crippen MR) is 27.4 cm³/mol. The molecule has 0 bridgehead atoms. The molecule has 0 heterocycles. The third kappa shape index (κ3) is 2.60. The van der Waals surface area contributed by atoms with Crippen molar-refractivity contribution in [2.24, 2.45) is 0 Å². The number of rotatable bonds is 2. The molecule has 1 atom stereocenters. The Morgan fingerprint density at radius 3 is 2.43 bits per heavy atom. The Morgan fingerprint density at radius 1 is 2.00 bits per heavy atom. The standard InChI is InChI=1S/C4H7ClO2/c1-3(6)4(7)2-5/h4,7H,2H2,1H3. The highest BCUT2D eigenvalue weighted by molar-refractivity contribution is 6.19. The van der Waals surface area contributed by atoms with Gasteiger partial charge in [0.1, 0.15) is 6.10 Å². The fourth-order valence-corrected chi connectivity index (χ4v) is 0.326. The zero-order valence-corrected chi connectivity index (χ0v) is 4.77. The first kappa shape index (κ1) is 6.92. The van der Waals surface area contributed by atoms with Crippen LogP contribution in [0.2, 0.25) is 0 Å². The van der Waals surface area contributed by atoms with Gasteiger partial charge in [-0.05, 0) is 6.92 Å². The van der Waals surface area contributed by atoms with E-state index >= 15 is 0 Å². The van der Waals surface area contributed by atoms with E-state index in [0.29, 0.717) is 0 Å². The number of aliphatic hydroxyl groups excluding tert-OH is 1. The minimum atomic E-state index is -0.971. The van der Waals surface area contributed by atoms with Gasteiger partial charge in [0.05, 0.1) is 5.88 Å². The van der Waals surface area contributed by atoms with Crippen LogP contribution in [0.5, 0.6) is 0 Å². The number of aliphatic hydroxyl groups is 1. The summed E-state index contributed by atoms with van der Waals surface area (Å²) in [6.07, 6.45) is -0.971. The quantitative estimate of drug-likeness (QED) is 0.531. The summed E-state index contributed by atoms with van der Waals surface area (Å²) in [7, 11) is 0. The van der Waals surface area contributed by atoms with E-state index in [0.717, 1.165) is 0 Å². The Bertz CT molecular complexity index is 72.1. The third-order valence-electron chi connectivity index (χ3n) is 0.615. The van der Waals surface area contributed by atoms with Crippen LogP contribution < -0.4 is 0 Å². The maximum absolute atomic E-state index is 10.0. The summed E-state index contributed by atoms with van der Waals surface area (Å²) in [6.45, 7) is 1.30. The second-order valence-corrected chi connectivity index (χ2v) is 1.59. The minimum absolute atomic E-state index is 0.00463. The summed E-state index contributed by atoms with van der Waals surface area (Å²) in [5, 5.41) is 8.45. The van der Waals surface area contributed by atoms with E-state index in [4.69, 9.17) is 16.7 Å². The monoisotopic (exact) mass is 122 g/mol. The summed E-state index contributed by atoms with van der Waals surface area (Å²) >= 11 is 5.08. The van der Waals surface area contributed by atoms with Crippen molar-refractivity contribution in [3.63, 3.8) is 0 Å². The highest BCUT2D eigenvalue weighted by Gasteiger charge is 2.04. The van der Waals surface area contributed by atoms with E-state index in [-0.39, 0.29) is 11.7 Å². The first-order chi connectivity index (χ1) is 3.18. The van der Waals surface area contributed by atoms with Crippen molar-refractivity contribution in [2.75, 3.05) is 5.88 Å². The molecule has 0 aromatic carbocycles. The number of ketones is 1. The number of Topliss-reactive ketones (excluding diaryl/α,β-unsaturated/α-hetero) is 1. The molecule has 3 heteroatoms. The molecule has 0 aliphatic carbocycles. The molecular weight excluding hydrogens is 115 g/mol. The first-order valence-corrected chi connectivity index (χ1v) is 2.46. The maximum atomic E-state index is 10.0. The Morgan fingerprint density at radius 2 is 2.43 bits per heavy atom. The van der Waals surface area contributed by atoms with Crippen molar-refractivity contribution >= 4 is 17.4 Å². The lowest BCUT2D eigenvalue weighted by Crippen LogP contribution is -2.17. The molecule has 0 aromatic heterocycles. The summed E-state index contributed by atoms with van der Waals surface area (Å²) in [4.78, 5) is 10.0. The van der Waals surface area contributed by atoms with Crippen molar-refractivity contribution in [3.8, 4) is 0 Å². The summed E-state index contributed by atoms with van der Waals surface area (Å²) < 4.78 is 0. The van der Waals surface area contributed by atoms with E-state index < -0.39 is 6.10 Å². The first-order valence-electron chi connectivity index (χ1n) is 1.93. The van der Waals surface area contributed by atoms with E-state index in [2.05, 4.69) is 0 Å². The van der Waals surface area contributed by atoms with Gasteiger partial charge in [0.2, 0.25) is 0 Å². The van der Waals surface area contributed by atoms with Gasteiger partial charge in [-0.1, -0.05) is 0 Å². The number of alkyl halides is 1. The Hall–Kier alpha value is -0.0800. The lowest BCUT2D eigenvalue weighted by atomic mass is 10.3. The number of carbonyl (C=O) groups excluding carboxylic acids is 1. The predicted octanol–water partition coefficient (Wildman–Crippen LogP) is 0.175. The van der Waals surface area contributed by atoms with Gasteiger partial charge in [-0.2, -0.15) is 0 Å². The molecule has 0 spiro atoms. The molecule has 1 N–H and O–H groups in total. The van der Waals surface area contributed by atoms with Crippen LogP contribution in [-0.4, -0.2) is 22.9 Å². The van der Waals surface area contributed by atoms with Crippen LogP contribution in [0.3, 0.4) is 0 Å². The average Bonchev–Trinajstić information content (AvgIpc) is 1.65. The van der Waals surface area contributed by atoms with Gasteiger partial charge in [-0.25, -0.2) is 0 Å². The second kappa shape index (κ2) is 2.99. The molecule has 7 heavy (non-hydrogen) atoms. The smallest absolute Gasteiger partial charge is 0.159 e. The average molecular weight is 123 g/mol. The fraction of sp³-hybridized carbons (Fsp3) is 0.750. The van der Waals surface area contributed by atoms with Crippen LogP contribution in [0.25, 0.3) is 0 Å². The molecule has 0 aromatic rings. The second-order valence-electron chi connectivity index (χ2n) is 1.28. The molecule has 0 radical (unpaired) electrons. The normalized spacial score (nSPS) is 13.6. The van der Waals surface area contributed by atoms with Crippen LogP contribution in [0, 0.1) is 0 Å². The SMILES string of the molecule is CC(=O)C(O)CCl. The van der Waals surface area contributed by atoms with Gasteiger partial charge in [0.15, 0.2) is 5.78 Å². The van der Waals surface area contributed by atoms with Crippen molar-refractivity contribution in [1.82, 2.24) is 0 Å². The van der Waals surface area contributed by atoms with E-state index in [1.165, 1.54) is 6.92 Å². The maximum Gasteiger partial charge on any atom is 0.159 e. The van der Waals surface area contributed by atoms with Crippen molar-refractivity contribution < 1.29 is 9.90 Å². The largest absolute Gasteiger partial charge is 0.384 e. The molecule has 0 aliphatic heterocycles. The molecule has 1 unspecified atom stereocenters. The van der Waals surface area contributed by atoms with Crippen LogP contribution in [0.4, 0.5) is 0 Å². The molecule has 0 saturated carbocycles. The molecule has 0 aliphatic rings. The van der Waals surface area contributed by atoms with E-state index in [1.807, 2.05) is 0 Å². The fourth-order valence-electron chi connectivity index (χ4n) is 0.109. The van der Waals surface area contributed by atoms with E-state index in [1.54, 1.807) is 0 Å². The summed E-state index contributed by atoms with van der Waals surface area (Å²) in [6, 6.07) is 0. The number of carbonyl (C=O) groups is 1. The van der Waals surface area contributed by atoms with Gasteiger partial charge >= 0.3 is 0 Å². The zero-order chi connectivity index (χ0) is 5.86. The topological polar surface area (TPSA) is 37.3 Å². The lowest BCUT2D eigenvalue weighted by molar-refractivity contribution is -0.123. The molecule has 0 amide bonds. The molecule has 0 rings (SSSR count). The van der Waals surface area contributed by atoms with Crippen LogP contribution in [0.15, 0.2) is 0 Å². The number of hydrogen-bond donors (Lipinski definition) is 1. The molecule has 0 saturated heterocycles. The van der Waals surface area contributed by atoms with Crippen molar-refractivity contribution in [2.45, 2.75) is 13.0 Å². The summed E-state index contributed by atoms with van der Waals surface area (Å²) in [5.74, 6) is -0.287. The van der Waals surface area contributed by atoms with Crippen molar-refractivity contribution in [3.05, 3.63) is 0 Å². The lowest BCUT2D eigenvalue weighted by Gasteiger charge is -1.96. The van der Waals surface area contributed by atoms with Gasteiger partial charge < -0.3 is 5.11 Å². The van der Waals surface area contributed by atoms with Crippen LogP contribution in [0.1, 0.15) is 6.92 Å². The molecule has 2 nitrogen and oxygen atoms in total. The minimum Gasteiger partial charge on any atom is -0.384 e. The van der Waals surface area contributed by atoms with E-state index in [9.17, 15) is 4.79 Å². The number of halogens is 1. The molecule has 42 valence electrons. The highest BCUT2D eigenvalue weighted by Crippen LogP contribution is 1.86. The highest BCUT2D eigenvalue weighted by atomic mass is 35.5. The van der Waals surface area contributed by atoms with Gasteiger partial charge in [-0.15, -0.1) is 11.6 Å². The van der Waals surface area contributed by atoms with Gasteiger partial charge in [0.25, 0.3) is 0 Å². The van der Waals surface area contributed by atoms with Crippen LogP contribution >= 0.6 is 11.6 Å². The Labute approximate surface area is 47.1 Å². The zero-order valence-electron chi connectivity index (χ0n) is 4.02. The van der Waals surface area contributed by atoms with Gasteiger partial charge in [-0.3, -0.25) is 4.79 Å². The van der Waals surface area contributed by atoms with Crippen LogP contribution in [-0.2, 0) is 4.79 Å². The Balaban J connectivity index is 3.34. The third-order valence-corrected chi connectivity index (χ3v) is 0.908. The van der Waals surface area contributed by atoms with Crippen molar-refractivity contribution in [1.29, 1.82) is 0 Å². The molecular formula is C4H7ClO2. The Kier molecular flexibility index (Phi) is 2.96. The number of hydrogen-bond acceptors (Lipinski definition) is 2. The summed E-state index contributed by atoms with van der Waals surface area (Å²) in [5.41, 5.74) is 0.